The Morgan fingerprint density at radius 3 is 3.07 bits per heavy atom. The molecule has 0 aromatic heterocycles. The Morgan fingerprint density at radius 1 is 1.64 bits per heavy atom. The molecule has 0 fully saturated rings. The highest BCUT2D eigenvalue weighted by atomic mass is 16.5. The lowest BCUT2D eigenvalue weighted by molar-refractivity contribution is -0.00192. The largest absolute Gasteiger partial charge is 0.493 e. The summed E-state index contributed by atoms with van der Waals surface area (Å²) in [5, 5.41) is 17.7. The summed E-state index contributed by atoms with van der Waals surface area (Å²) in [6.45, 7) is -0.146. The second kappa shape index (κ2) is 6.01. The van der Waals surface area contributed by atoms with Gasteiger partial charge in [-0.25, -0.2) is 0 Å². The third-order valence-electron chi connectivity index (χ3n) is 2.27. The normalized spacial score (nSPS) is 24.2. The highest BCUT2D eigenvalue weighted by Crippen LogP contribution is 2.21. The Labute approximate surface area is 84.1 Å². The van der Waals surface area contributed by atoms with E-state index in [1.807, 2.05) is 6.08 Å². The molecule has 0 aromatic rings. The lowest BCUT2D eigenvalue weighted by Crippen LogP contribution is -2.24. The van der Waals surface area contributed by atoms with Crippen LogP contribution in [0.2, 0.25) is 0 Å². The lowest BCUT2D eigenvalue weighted by Gasteiger charge is -2.23. The van der Waals surface area contributed by atoms with Crippen LogP contribution in [0.15, 0.2) is 11.8 Å². The molecule has 1 aliphatic rings. The Morgan fingerprint density at radius 2 is 2.43 bits per heavy atom. The van der Waals surface area contributed by atoms with Crippen LogP contribution in [0.3, 0.4) is 0 Å². The minimum absolute atomic E-state index is 0.00893. The maximum absolute atomic E-state index is 9.10. The zero-order chi connectivity index (χ0) is 10.4. The fourth-order valence-electron chi connectivity index (χ4n) is 1.45. The monoisotopic (exact) mass is 202 g/mol. The molecule has 0 aliphatic heterocycles. The van der Waals surface area contributed by atoms with Crippen molar-refractivity contribution in [2.24, 2.45) is 0 Å². The fraction of sp³-hybridized carbons (Fsp3) is 0.800. The molecule has 0 bridgehead atoms. The average Bonchev–Trinajstić information content (AvgIpc) is 2.26. The van der Waals surface area contributed by atoms with Crippen molar-refractivity contribution in [3.63, 3.8) is 0 Å². The molecule has 1 aliphatic carbocycles. The molecule has 82 valence electrons. The van der Waals surface area contributed by atoms with Gasteiger partial charge in [-0.1, -0.05) is 0 Å². The second-order valence-corrected chi connectivity index (χ2v) is 3.41. The second-order valence-electron chi connectivity index (χ2n) is 3.41. The predicted octanol–water partition coefficient (Wildman–Crippen LogP) is 0.439. The Bertz CT molecular complexity index is 191. The maximum atomic E-state index is 9.10. The summed E-state index contributed by atoms with van der Waals surface area (Å²) in [5.41, 5.74) is 0. The molecule has 2 N–H and O–H groups in total. The molecule has 2 atom stereocenters. The molecular formula is C10H18O4. The summed E-state index contributed by atoms with van der Waals surface area (Å²) in [4.78, 5) is 0. The summed E-state index contributed by atoms with van der Waals surface area (Å²) in [6.07, 6.45) is 4.24. The molecule has 4 nitrogen and oxygen atoms in total. The topological polar surface area (TPSA) is 58.9 Å². The molecule has 1 rings (SSSR count). The number of hydrogen-bond acceptors (Lipinski definition) is 4. The number of rotatable bonds is 5. The third-order valence-corrected chi connectivity index (χ3v) is 2.27. The molecule has 0 spiro atoms. The number of hydrogen-bond donors (Lipinski definition) is 2. The van der Waals surface area contributed by atoms with Gasteiger partial charge < -0.3 is 19.7 Å². The van der Waals surface area contributed by atoms with Crippen LogP contribution in [-0.4, -0.2) is 42.7 Å². The SMILES string of the molecule is COC1CCCC=C1OCC(O)CO. The summed E-state index contributed by atoms with van der Waals surface area (Å²) in [7, 11) is 1.65. The van der Waals surface area contributed by atoms with Crippen molar-refractivity contribution in [1.82, 2.24) is 0 Å². The number of allylic oxidation sites excluding steroid dienone is 1. The van der Waals surface area contributed by atoms with E-state index in [2.05, 4.69) is 0 Å². The van der Waals surface area contributed by atoms with Gasteiger partial charge in [-0.15, -0.1) is 0 Å². The number of aliphatic hydroxyl groups is 2. The van der Waals surface area contributed by atoms with Crippen LogP contribution in [-0.2, 0) is 9.47 Å². The van der Waals surface area contributed by atoms with Gasteiger partial charge in [0.1, 0.15) is 24.6 Å². The van der Waals surface area contributed by atoms with E-state index >= 15 is 0 Å². The van der Waals surface area contributed by atoms with Crippen LogP contribution in [0.1, 0.15) is 19.3 Å². The standard InChI is InChI=1S/C10H18O4/c1-13-9-4-2-3-5-10(9)14-7-8(12)6-11/h5,8-9,11-12H,2-4,6-7H2,1H3. The molecule has 0 saturated heterocycles. The first-order valence-corrected chi connectivity index (χ1v) is 4.92. The van der Waals surface area contributed by atoms with E-state index in [0.717, 1.165) is 25.0 Å². The molecule has 0 saturated carbocycles. The van der Waals surface area contributed by atoms with Gasteiger partial charge in [-0.3, -0.25) is 0 Å². The molecule has 0 amide bonds. The van der Waals surface area contributed by atoms with Crippen LogP contribution in [0.4, 0.5) is 0 Å². The van der Waals surface area contributed by atoms with E-state index in [1.165, 1.54) is 0 Å². The minimum Gasteiger partial charge on any atom is -0.493 e. The molecule has 14 heavy (non-hydrogen) atoms. The Hall–Kier alpha value is -0.580. The van der Waals surface area contributed by atoms with Crippen molar-refractivity contribution in [3.05, 3.63) is 11.8 Å². The van der Waals surface area contributed by atoms with Crippen molar-refractivity contribution < 1.29 is 19.7 Å². The first kappa shape index (κ1) is 11.5. The van der Waals surface area contributed by atoms with E-state index in [0.29, 0.717) is 0 Å². The van der Waals surface area contributed by atoms with Gasteiger partial charge in [0.25, 0.3) is 0 Å². The molecule has 0 radical (unpaired) electrons. The summed E-state index contributed by atoms with van der Waals surface area (Å²) in [5.74, 6) is 0.784. The first-order valence-electron chi connectivity index (χ1n) is 4.92. The van der Waals surface area contributed by atoms with Crippen LogP contribution in [0, 0.1) is 0 Å². The minimum atomic E-state index is -0.810. The van der Waals surface area contributed by atoms with E-state index in [4.69, 9.17) is 19.7 Å². The number of aliphatic hydroxyl groups excluding tert-OH is 2. The smallest absolute Gasteiger partial charge is 0.121 e. The molecular weight excluding hydrogens is 184 g/mol. The van der Waals surface area contributed by atoms with Gasteiger partial charge in [-0.2, -0.15) is 0 Å². The van der Waals surface area contributed by atoms with Crippen molar-refractivity contribution in [1.29, 1.82) is 0 Å². The van der Waals surface area contributed by atoms with Gasteiger partial charge in [0.2, 0.25) is 0 Å². The third kappa shape index (κ3) is 3.29. The highest BCUT2D eigenvalue weighted by molar-refractivity contribution is 5.04. The van der Waals surface area contributed by atoms with Crippen molar-refractivity contribution in [3.8, 4) is 0 Å². The first-order chi connectivity index (χ1) is 6.77. The lowest BCUT2D eigenvalue weighted by atomic mass is 10.0. The van der Waals surface area contributed by atoms with E-state index in [9.17, 15) is 0 Å². The quantitative estimate of drug-likeness (QED) is 0.679. The van der Waals surface area contributed by atoms with E-state index < -0.39 is 6.10 Å². The van der Waals surface area contributed by atoms with Gasteiger partial charge in [-0.05, 0) is 25.3 Å². The van der Waals surface area contributed by atoms with Crippen molar-refractivity contribution in [2.75, 3.05) is 20.3 Å². The van der Waals surface area contributed by atoms with Gasteiger partial charge >= 0.3 is 0 Å². The van der Waals surface area contributed by atoms with Gasteiger partial charge in [0.05, 0.1) is 6.61 Å². The van der Waals surface area contributed by atoms with E-state index in [-0.39, 0.29) is 19.3 Å². The molecule has 0 aromatic carbocycles. The highest BCUT2D eigenvalue weighted by Gasteiger charge is 2.19. The van der Waals surface area contributed by atoms with Gasteiger partial charge in [0, 0.05) is 7.11 Å². The van der Waals surface area contributed by atoms with Gasteiger partial charge in [0.15, 0.2) is 0 Å². The number of methoxy groups -OCH3 is 1. The maximum Gasteiger partial charge on any atom is 0.121 e. The zero-order valence-corrected chi connectivity index (χ0v) is 8.48. The Kier molecular flexibility index (Phi) is 4.93. The van der Waals surface area contributed by atoms with Crippen molar-refractivity contribution in [2.45, 2.75) is 31.5 Å². The summed E-state index contributed by atoms with van der Waals surface area (Å²) in [6, 6.07) is 0. The van der Waals surface area contributed by atoms with Crippen LogP contribution in [0.5, 0.6) is 0 Å². The fourth-order valence-corrected chi connectivity index (χ4v) is 1.45. The predicted molar refractivity (Wildman–Crippen MR) is 51.8 cm³/mol. The Balaban J connectivity index is 2.37. The summed E-state index contributed by atoms with van der Waals surface area (Å²) < 4.78 is 10.6. The van der Waals surface area contributed by atoms with Crippen LogP contribution < -0.4 is 0 Å². The molecule has 2 unspecified atom stereocenters. The number of ether oxygens (including phenoxy) is 2. The van der Waals surface area contributed by atoms with Crippen LogP contribution in [0.25, 0.3) is 0 Å². The zero-order valence-electron chi connectivity index (χ0n) is 8.48. The summed E-state index contributed by atoms with van der Waals surface area (Å²) >= 11 is 0. The molecule has 4 heteroatoms. The van der Waals surface area contributed by atoms with Crippen LogP contribution >= 0.6 is 0 Å². The molecule has 0 heterocycles. The van der Waals surface area contributed by atoms with Crippen molar-refractivity contribution >= 4 is 0 Å². The van der Waals surface area contributed by atoms with E-state index in [1.54, 1.807) is 7.11 Å². The average molecular weight is 202 g/mol.